The maximum absolute atomic E-state index is 13.2. The maximum atomic E-state index is 13.2. The van der Waals surface area contributed by atoms with Crippen LogP contribution in [0.2, 0.25) is 0 Å². The van der Waals surface area contributed by atoms with Crippen molar-refractivity contribution in [2.45, 2.75) is 25.4 Å². The molecule has 13 heavy (non-hydrogen) atoms. The van der Waals surface area contributed by atoms with Gasteiger partial charge in [0.15, 0.2) is 6.17 Å². The molecule has 0 saturated carbocycles. The van der Waals surface area contributed by atoms with E-state index >= 15 is 0 Å². The molecule has 0 aromatic heterocycles. The summed E-state index contributed by atoms with van der Waals surface area (Å²) in [4.78, 5) is 0. The molecule has 0 nitrogen and oxygen atoms in total. The van der Waals surface area contributed by atoms with Crippen LogP contribution >= 0.6 is 0 Å². The lowest BCUT2D eigenvalue weighted by Crippen LogP contribution is -2.26. The molecule has 3 heteroatoms. The minimum atomic E-state index is -3.37. The summed E-state index contributed by atoms with van der Waals surface area (Å²) in [5.74, 6) is -3.37. The highest BCUT2D eigenvalue weighted by Crippen LogP contribution is 2.34. The van der Waals surface area contributed by atoms with Gasteiger partial charge in [0, 0.05) is 5.56 Å². The third-order valence-electron chi connectivity index (χ3n) is 1.91. The van der Waals surface area contributed by atoms with Crippen LogP contribution in [0.4, 0.5) is 13.2 Å². The Bertz CT molecular complexity index is 256. The number of halogens is 3. The zero-order valence-corrected chi connectivity index (χ0v) is 7.31. The minimum absolute atomic E-state index is 0.179. The highest BCUT2D eigenvalue weighted by Gasteiger charge is 2.40. The van der Waals surface area contributed by atoms with E-state index in [4.69, 9.17) is 0 Å². The predicted molar refractivity (Wildman–Crippen MR) is 45.5 cm³/mol. The molecule has 1 unspecified atom stereocenters. The molecule has 1 aromatic rings. The zero-order chi connectivity index (χ0) is 9.90. The topological polar surface area (TPSA) is 0 Å². The Morgan fingerprint density at radius 2 is 1.77 bits per heavy atom. The molecule has 0 amide bonds. The van der Waals surface area contributed by atoms with Crippen LogP contribution in [0.25, 0.3) is 0 Å². The number of alkyl halides is 3. The largest absolute Gasteiger partial charge is 0.303 e. The molecule has 1 aromatic carbocycles. The van der Waals surface area contributed by atoms with Crippen molar-refractivity contribution in [2.24, 2.45) is 0 Å². The Labute approximate surface area is 75.4 Å². The fourth-order valence-electron chi connectivity index (χ4n) is 1.10. The summed E-state index contributed by atoms with van der Waals surface area (Å²) in [5.41, 5.74) is -0.260. The van der Waals surface area contributed by atoms with E-state index in [1.165, 1.54) is 31.2 Å². The Kier molecular flexibility index (Phi) is 2.96. The summed E-state index contributed by atoms with van der Waals surface area (Å²) < 4.78 is 39.2. The van der Waals surface area contributed by atoms with E-state index in [1.807, 2.05) is 0 Å². The fourth-order valence-corrected chi connectivity index (χ4v) is 1.10. The lowest BCUT2D eigenvalue weighted by molar-refractivity contribution is -0.0798. The Hall–Kier alpha value is -0.990. The van der Waals surface area contributed by atoms with Crippen LogP contribution in [0.1, 0.15) is 18.9 Å². The first-order valence-electron chi connectivity index (χ1n) is 4.16. The molecule has 0 N–H and O–H groups in total. The van der Waals surface area contributed by atoms with Crippen molar-refractivity contribution in [1.29, 1.82) is 0 Å². The molecule has 1 atom stereocenters. The second-order valence-corrected chi connectivity index (χ2v) is 2.86. The summed E-state index contributed by atoms with van der Waals surface area (Å²) in [7, 11) is 0. The molecule has 0 radical (unpaired) electrons. The van der Waals surface area contributed by atoms with Crippen molar-refractivity contribution in [3.8, 4) is 0 Å². The van der Waals surface area contributed by atoms with E-state index in [0.29, 0.717) is 0 Å². The number of hydrogen-bond donors (Lipinski definition) is 0. The first-order chi connectivity index (χ1) is 6.09. The summed E-state index contributed by atoms with van der Waals surface area (Å²) in [5, 5.41) is 0. The zero-order valence-electron chi connectivity index (χ0n) is 7.31. The quantitative estimate of drug-likeness (QED) is 0.680. The monoisotopic (exact) mass is 188 g/mol. The van der Waals surface area contributed by atoms with E-state index < -0.39 is 12.1 Å². The predicted octanol–water partition coefficient (Wildman–Crippen LogP) is 3.53. The van der Waals surface area contributed by atoms with E-state index in [-0.39, 0.29) is 12.0 Å². The van der Waals surface area contributed by atoms with Gasteiger partial charge in [-0.05, 0) is 6.42 Å². The summed E-state index contributed by atoms with van der Waals surface area (Å²) in [6, 6.07) is 7.06. The van der Waals surface area contributed by atoms with Crippen LogP contribution in [0.3, 0.4) is 0 Å². The van der Waals surface area contributed by atoms with Crippen LogP contribution < -0.4 is 0 Å². The Morgan fingerprint density at radius 1 is 1.23 bits per heavy atom. The summed E-state index contributed by atoms with van der Waals surface area (Å²) in [6.07, 6.45) is -2.28. The van der Waals surface area contributed by atoms with Crippen molar-refractivity contribution < 1.29 is 13.2 Å². The van der Waals surface area contributed by atoms with Gasteiger partial charge in [-0.2, -0.15) is 8.78 Å². The third-order valence-corrected chi connectivity index (χ3v) is 1.91. The van der Waals surface area contributed by atoms with Gasteiger partial charge in [-0.25, -0.2) is 4.39 Å². The average molecular weight is 188 g/mol. The van der Waals surface area contributed by atoms with Crippen molar-refractivity contribution in [3.63, 3.8) is 0 Å². The molecular formula is C10H11F3. The molecule has 0 spiro atoms. The van der Waals surface area contributed by atoms with Crippen LogP contribution in [0.5, 0.6) is 0 Å². The molecule has 0 aliphatic carbocycles. The van der Waals surface area contributed by atoms with Gasteiger partial charge >= 0.3 is 5.92 Å². The van der Waals surface area contributed by atoms with E-state index in [9.17, 15) is 13.2 Å². The van der Waals surface area contributed by atoms with Gasteiger partial charge in [0.05, 0.1) is 0 Å². The maximum Gasteiger partial charge on any atom is 0.303 e. The molecule has 0 aliphatic heterocycles. The lowest BCUT2D eigenvalue weighted by Gasteiger charge is -2.19. The van der Waals surface area contributed by atoms with Crippen LogP contribution in [0, 0.1) is 0 Å². The van der Waals surface area contributed by atoms with Crippen LogP contribution in [0.15, 0.2) is 30.3 Å². The first-order valence-corrected chi connectivity index (χ1v) is 4.16. The summed E-state index contributed by atoms with van der Waals surface area (Å²) >= 11 is 0. The van der Waals surface area contributed by atoms with Gasteiger partial charge in [-0.15, -0.1) is 0 Å². The average Bonchev–Trinajstić information content (AvgIpc) is 2.18. The molecule has 72 valence electrons. The van der Waals surface area contributed by atoms with Gasteiger partial charge in [-0.3, -0.25) is 0 Å². The van der Waals surface area contributed by atoms with Gasteiger partial charge in [0.25, 0.3) is 0 Å². The van der Waals surface area contributed by atoms with Crippen molar-refractivity contribution >= 4 is 0 Å². The minimum Gasteiger partial charge on any atom is -0.240 e. The molecule has 0 aliphatic rings. The number of rotatable bonds is 3. The van der Waals surface area contributed by atoms with Gasteiger partial charge in [0.1, 0.15) is 0 Å². The standard InChI is InChI=1S/C10H11F3/c1-2-9(11)10(12,13)8-6-4-3-5-7-8/h3-7,9H,2H2,1H3. The van der Waals surface area contributed by atoms with E-state index in [1.54, 1.807) is 6.07 Å². The van der Waals surface area contributed by atoms with E-state index in [2.05, 4.69) is 0 Å². The highest BCUT2D eigenvalue weighted by atomic mass is 19.3. The van der Waals surface area contributed by atoms with Gasteiger partial charge in [0.2, 0.25) is 0 Å². The molecule has 0 saturated heterocycles. The first kappa shape index (κ1) is 10.1. The second-order valence-electron chi connectivity index (χ2n) is 2.86. The van der Waals surface area contributed by atoms with Crippen molar-refractivity contribution in [2.75, 3.05) is 0 Å². The lowest BCUT2D eigenvalue weighted by atomic mass is 10.0. The van der Waals surface area contributed by atoms with Crippen molar-refractivity contribution in [3.05, 3.63) is 35.9 Å². The van der Waals surface area contributed by atoms with Gasteiger partial charge in [-0.1, -0.05) is 37.3 Å². The van der Waals surface area contributed by atoms with E-state index in [0.717, 1.165) is 0 Å². The summed E-state index contributed by atoms with van der Waals surface area (Å²) in [6.45, 7) is 1.40. The van der Waals surface area contributed by atoms with Crippen LogP contribution in [-0.4, -0.2) is 6.17 Å². The third kappa shape index (κ3) is 2.02. The Balaban J connectivity index is 2.93. The number of hydrogen-bond acceptors (Lipinski definition) is 0. The molecule has 0 bridgehead atoms. The normalized spacial score (nSPS) is 14.2. The second kappa shape index (κ2) is 3.81. The number of benzene rings is 1. The fraction of sp³-hybridized carbons (Fsp3) is 0.400. The molecular weight excluding hydrogens is 177 g/mol. The molecule has 1 rings (SSSR count). The van der Waals surface area contributed by atoms with Crippen molar-refractivity contribution in [1.82, 2.24) is 0 Å². The molecule has 0 heterocycles. The Morgan fingerprint density at radius 3 is 2.23 bits per heavy atom. The van der Waals surface area contributed by atoms with Gasteiger partial charge < -0.3 is 0 Å². The highest BCUT2D eigenvalue weighted by molar-refractivity contribution is 5.21. The smallest absolute Gasteiger partial charge is 0.240 e. The van der Waals surface area contributed by atoms with Crippen LogP contribution in [-0.2, 0) is 5.92 Å². The SMILES string of the molecule is CCC(F)C(F)(F)c1ccccc1. The molecule has 0 fully saturated rings.